The summed E-state index contributed by atoms with van der Waals surface area (Å²) >= 11 is 7.26. The normalized spacial score (nSPS) is 12.8. The minimum absolute atomic E-state index is 0.0249. The van der Waals surface area contributed by atoms with Crippen molar-refractivity contribution < 1.29 is 21.6 Å². The molecule has 0 spiro atoms. The lowest BCUT2D eigenvalue weighted by Gasteiger charge is -2.18. The van der Waals surface area contributed by atoms with Gasteiger partial charge in [-0.05, 0) is 37.3 Å². The van der Waals surface area contributed by atoms with Crippen LogP contribution in [0.15, 0.2) is 46.8 Å². The number of thiazole rings is 1. The minimum Gasteiger partial charge on any atom is -0.377 e. The van der Waals surface area contributed by atoms with Crippen LogP contribution in [0.4, 0.5) is 18.9 Å². The fraction of sp³-hybridized carbons (Fsp3) is 0.167. The molecule has 0 fully saturated rings. The molecule has 0 amide bonds. The molecule has 0 saturated carbocycles. The predicted octanol–water partition coefficient (Wildman–Crippen LogP) is 5.36. The van der Waals surface area contributed by atoms with Crippen LogP contribution < -0.4 is 5.32 Å². The Hall–Kier alpha value is -2.10. The molecule has 0 aliphatic rings. The van der Waals surface area contributed by atoms with Gasteiger partial charge in [0, 0.05) is 17.1 Å². The molecular formula is C18H14ClF3N2O2S2. The number of benzene rings is 2. The molecule has 0 bridgehead atoms. The molecule has 0 radical (unpaired) electrons. The first-order valence-electron chi connectivity index (χ1n) is 7.99. The highest BCUT2D eigenvalue weighted by Gasteiger charge is 2.24. The summed E-state index contributed by atoms with van der Waals surface area (Å²) < 4.78 is 66.7. The van der Waals surface area contributed by atoms with Gasteiger partial charge in [0.2, 0.25) is 0 Å². The maximum absolute atomic E-state index is 14.5. The molecule has 1 atom stereocenters. The second-order valence-corrected chi connectivity index (χ2v) is 9.32. The van der Waals surface area contributed by atoms with E-state index in [0.717, 1.165) is 41.7 Å². The standard InChI is InChI=1S/C18H14ClF3N2O2S2/c1-10(12-6-11(20)2-3-14(12)21)24-16-8-15(22)17(7-13(16)19)28(25,26)9-18-23-4-5-27-18/h2-8,10,24H,9H2,1H3/t10-/m0/s1. The van der Waals surface area contributed by atoms with Crippen LogP contribution >= 0.6 is 22.9 Å². The van der Waals surface area contributed by atoms with E-state index in [0.29, 0.717) is 5.01 Å². The molecule has 0 aliphatic carbocycles. The van der Waals surface area contributed by atoms with Crippen LogP contribution in [0.5, 0.6) is 0 Å². The van der Waals surface area contributed by atoms with Gasteiger partial charge in [0.25, 0.3) is 0 Å². The number of nitrogens with one attached hydrogen (secondary N) is 1. The van der Waals surface area contributed by atoms with Gasteiger partial charge in [-0.2, -0.15) is 0 Å². The van der Waals surface area contributed by atoms with Crippen molar-refractivity contribution in [1.82, 2.24) is 4.98 Å². The molecule has 1 heterocycles. The summed E-state index contributed by atoms with van der Waals surface area (Å²) in [7, 11) is -4.00. The van der Waals surface area contributed by atoms with Crippen LogP contribution in [0.2, 0.25) is 5.02 Å². The van der Waals surface area contributed by atoms with E-state index in [1.807, 2.05) is 0 Å². The van der Waals surface area contributed by atoms with Gasteiger partial charge in [-0.25, -0.2) is 26.6 Å². The van der Waals surface area contributed by atoms with E-state index in [-0.39, 0.29) is 16.3 Å². The molecule has 3 rings (SSSR count). The Morgan fingerprint density at radius 2 is 1.93 bits per heavy atom. The van der Waals surface area contributed by atoms with E-state index < -0.39 is 44.0 Å². The number of nitrogens with zero attached hydrogens (tertiary/aromatic N) is 1. The maximum atomic E-state index is 14.5. The molecule has 2 aromatic carbocycles. The van der Waals surface area contributed by atoms with E-state index in [2.05, 4.69) is 10.3 Å². The van der Waals surface area contributed by atoms with Crippen LogP contribution in [0.1, 0.15) is 23.5 Å². The van der Waals surface area contributed by atoms with Gasteiger partial charge in [0.15, 0.2) is 9.84 Å². The number of halogens is 4. The van der Waals surface area contributed by atoms with E-state index in [9.17, 15) is 21.6 Å². The molecule has 3 aromatic rings. The Balaban J connectivity index is 1.88. The smallest absolute Gasteiger partial charge is 0.187 e. The van der Waals surface area contributed by atoms with E-state index in [4.69, 9.17) is 11.6 Å². The van der Waals surface area contributed by atoms with Crippen molar-refractivity contribution in [2.75, 3.05) is 5.32 Å². The Kier molecular flexibility index (Phi) is 5.97. The average Bonchev–Trinajstić information content (AvgIpc) is 3.11. The molecule has 0 aliphatic heterocycles. The fourth-order valence-electron chi connectivity index (χ4n) is 2.60. The van der Waals surface area contributed by atoms with E-state index in [1.165, 1.54) is 6.20 Å². The van der Waals surface area contributed by atoms with Crippen LogP contribution in [0.3, 0.4) is 0 Å². The summed E-state index contributed by atoms with van der Waals surface area (Å²) in [5.74, 6) is -2.71. The summed E-state index contributed by atoms with van der Waals surface area (Å²) in [5.41, 5.74) is 0.0838. The maximum Gasteiger partial charge on any atom is 0.187 e. The topological polar surface area (TPSA) is 59.1 Å². The molecule has 0 unspecified atom stereocenters. The van der Waals surface area contributed by atoms with Crippen LogP contribution in [-0.4, -0.2) is 13.4 Å². The number of sulfone groups is 1. The lowest BCUT2D eigenvalue weighted by Crippen LogP contribution is -2.11. The molecule has 1 aromatic heterocycles. The largest absolute Gasteiger partial charge is 0.377 e. The van der Waals surface area contributed by atoms with Crippen molar-refractivity contribution in [3.05, 3.63) is 75.0 Å². The monoisotopic (exact) mass is 446 g/mol. The molecule has 10 heteroatoms. The Bertz CT molecular complexity index is 1110. The first-order valence-corrected chi connectivity index (χ1v) is 10.9. The Labute approximate surface area is 168 Å². The second kappa shape index (κ2) is 8.10. The second-order valence-electron chi connectivity index (χ2n) is 5.98. The third-order valence-corrected chi connectivity index (χ3v) is 6.86. The molecule has 1 N–H and O–H groups in total. The zero-order valence-corrected chi connectivity index (χ0v) is 16.8. The molecule has 148 valence electrons. The number of hydrogen-bond acceptors (Lipinski definition) is 5. The highest BCUT2D eigenvalue weighted by Crippen LogP contribution is 2.32. The molecule has 4 nitrogen and oxygen atoms in total. The van der Waals surface area contributed by atoms with Crippen LogP contribution in [0, 0.1) is 17.5 Å². The van der Waals surface area contributed by atoms with Crippen molar-refractivity contribution in [2.24, 2.45) is 0 Å². The fourth-order valence-corrected chi connectivity index (χ4v) is 5.23. The van der Waals surface area contributed by atoms with Crippen LogP contribution in [0.25, 0.3) is 0 Å². The summed E-state index contributed by atoms with van der Waals surface area (Å²) in [5, 5.41) is 4.65. The van der Waals surface area contributed by atoms with E-state index in [1.54, 1.807) is 12.3 Å². The first-order chi connectivity index (χ1) is 13.2. The lowest BCUT2D eigenvalue weighted by molar-refractivity contribution is 0.566. The van der Waals surface area contributed by atoms with Gasteiger partial charge in [0.1, 0.15) is 33.1 Å². The molecule has 0 saturated heterocycles. The van der Waals surface area contributed by atoms with Gasteiger partial charge in [0.05, 0.1) is 16.8 Å². The Morgan fingerprint density at radius 1 is 1.18 bits per heavy atom. The SMILES string of the molecule is C[C@H](Nc1cc(F)c(S(=O)(=O)Cc2nccs2)cc1Cl)c1cc(F)ccc1F. The predicted molar refractivity (Wildman–Crippen MR) is 103 cm³/mol. The summed E-state index contributed by atoms with van der Waals surface area (Å²) in [6, 6.07) is 4.16. The quantitative estimate of drug-likeness (QED) is 0.553. The summed E-state index contributed by atoms with van der Waals surface area (Å²) in [6.45, 7) is 1.54. The van der Waals surface area contributed by atoms with Gasteiger partial charge in [-0.15, -0.1) is 11.3 Å². The van der Waals surface area contributed by atoms with Crippen molar-refractivity contribution >= 4 is 38.5 Å². The van der Waals surface area contributed by atoms with Gasteiger partial charge >= 0.3 is 0 Å². The van der Waals surface area contributed by atoms with Crippen molar-refractivity contribution in [1.29, 1.82) is 0 Å². The highest BCUT2D eigenvalue weighted by atomic mass is 35.5. The first kappa shape index (κ1) is 20.6. The van der Waals surface area contributed by atoms with Gasteiger partial charge < -0.3 is 5.32 Å². The number of aromatic nitrogens is 1. The lowest BCUT2D eigenvalue weighted by atomic mass is 10.1. The minimum atomic E-state index is -4.00. The number of hydrogen-bond donors (Lipinski definition) is 1. The zero-order valence-electron chi connectivity index (χ0n) is 14.4. The van der Waals surface area contributed by atoms with Crippen molar-refractivity contribution in [2.45, 2.75) is 23.6 Å². The molecular weight excluding hydrogens is 433 g/mol. The third kappa shape index (κ3) is 4.48. The molecule has 28 heavy (non-hydrogen) atoms. The summed E-state index contributed by atoms with van der Waals surface area (Å²) in [6.07, 6.45) is 1.46. The zero-order chi connectivity index (χ0) is 20.5. The van der Waals surface area contributed by atoms with E-state index >= 15 is 0 Å². The van der Waals surface area contributed by atoms with Gasteiger partial charge in [-0.1, -0.05) is 11.6 Å². The Morgan fingerprint density at radius 3 is 2.61 bits per heavy atom. The van der Waals surface area contributed by atoms with Gasteiger partial charge in [-0.3, -0.25) is 0 Å². The average molecular weight is 447 g/mol. The number of rotatable bonds is 6. The van der Waals surface area contributed by atoms with Crippen molar-refractivity contribution in [3.8, 4) is 0 Å². The van der Waals surface area contributed by atoms with Crippen molar-refractivity contribution in [3.63, 3.8) is 0 Å². The number of anilines is 1. The van der Waals surface area contributed by atoms with Crippen LogP contribution in [-0.2, 0) is 15.6 Å². The highest BCUT2D eigenvalue weighted by molar-refractivity contribution is 7.90. The summed E-state index contributed by atoms with van der Waals surface area (Å²) in [4.78, 5) is 3.34. The third-order valence-electron chi connectivity index (χ3n) is 3.95.